The number of hydrogen-bond acceptors (Lipinski definition) is 5. The number of imidazole rings is 1. The van der Waals surface area contributed by atoms with Gasteiger partial charge in [-0.1, -0.05) is 15.9 Å². The second kappa shape index (κ2) is 4.26. The van der Waals surface area contributed by atoms with Crippen molar-refractivity contribution in [3.8, 4) is 11.6 Å². The number of rotatable bonds is 2. The fraction of sp³-hybridized carbons (Fsp3) is 0. The Labute approximate surface area is 110 Å². The van der Waals surface area contributed by atoms with Crippen molar-refractivity contribution in [1.29, 1.82) is 0 Å². The number of anilines is 1. The van der Waals surface area contributed by atoms with Gasteiger partial charge in [-0.05, 0) is 24.3 Å². The number of hydrogen-bond donors (Lipinski definition) is 2. The van der Waals surface area contributed by atoms with E-state index in [0.717, 1.165) is 4.47 Å². The highest BCUT2D eigenvalue weighted by Crippen LogP contribution is 2.26. The average Bonchev–Trinajstić information content (AvgIpc) is 2.80. The molecule has 0 aliphatic heterocycles. The van der Waals surface area contributed by atoms with Crippen LogP contribution in [-0.2, 0) is 0 Å². The van der Waals surface area contributed by atoms with Crippen LogP contribution >= 0.6 is 15.9 Å². The highest BCUT2D eigenvalue weighted by Gasteiger charge is 2.10. The van der Waals surface area contributed by atoms with E-state index in [0.29, 0.717) is 22.8 Å². The Morgan fingerprint density at radius 2 is 1.94 bits per heavy atom. The van der Waals surface area contributed by atoms with Gasteiger partial charge in [0.2, 0.25) is 5.95 Å². The van der Waals surface area contributed by atoms with Crippen molar-refractivity contribution in [3.05, 3.63) is 35.1 Å². The molecule has 0 aliphatic carbocycles. The number of benzene rings is 1. The number of H-pyrrole nitrogens is 1. The molecule has 0 amide bonds. The summed E-state index contributed by atoms with van der Waals surface area (Å²) in [4.78, 5) is 15.0. The lowest BCUT2D eigenvalue weighted by atomic mass is 10.3. The van der Waals surface area contributed by atoms with E-state index in [-0.39, 0.29) is 5.95 Å². The number of halogens is 1. The molecule has 7 heteroatoms. The molecule has 3 aromatic rings. The van der Waals surface area contributed by atoms with Crippen LogP contribution in [-0.4, -0.2) is 19.9 Å². The summed E-state index contributed by atoms with van der Waals surface area (Å²) in [7, 11) is 0. The van der Waals surface area contributed by atoms with Crippen LogP contribution < -0.4 is 10.5 Å². The van der Waals surface area contributed by atoms with Gasteiger partial charge in [-0.25, -0.2) is 4.98 Å². The quantitative estimate of drug-likeness (QED) is 0.759. The molecule has 3 rings (SSSR count). The molecule has 0 spiro atoms. The van der Waals surface area contributed by atoms with Crippen molar-refractivity contribution in [2.45, 2.75) is 0 Å². The van der Waals surface area contributed by atoms with E-state index in [1.165, 1.54) is 6.33 Å². The Morgan fingerprint density at radius 1 is 1.17 bits per heavy atom. The predicted octanol–water partition coefficient (Wildman–Crippen LogP) is 2.49. The molecule has 2 heterocycles. The molecule has 3 N–H and O–H groups in total. The summed E-state index contributed by atoms with van der Waals surface area (Å²) in [6.45, 7) is 0. The summed E-state index contributed by atoms with van der Waals surface area (Å²) in [6, 6.07) is 7.41. The topological polar surface area (TPSA) is 89.7 Å². The first kappa shape index (κ1) is 11.0. The van der Waals surface area contributed by atoms with Crippen LogP contribution in [0.1, 0.15) is 0 Å². The van der Waals surface area contributed by atoms with Crippen molar-refractivity contribution in [2.75, 3.05) is 5.73 Å². The van der Waals surface area contributed by atoms with Crippen molar-refractivity contribution >= 4 is 33.0 Å². The molecular weight excluding hydrogens is 298 g/mol. The van der Waals surface area contributed by atoms with Crippen molar-refractivity contribution in [2.24, 2.45) is 0 Å². The van der Waals surface area contributed by atoms with Crippen molar-refractivity contribution in [1.82, 2.24) is 19.9 Å². The third-order valence-corrected chi connectivity index (χ3v) is 2.83. The molecule has 0 saturated carbocycles. The Hall–Kier alpha value is -2.15. The number of fused-ring (bicyclic) bond motifs is 1. The van der Waals surface area contributed by atoms with Gasteiger partial charge in [0, 0.05) is 4.47 Å². The maximum absolute atomic E-state index is 5.66. The minimum Gasteiger partial charge on any atom is -0.437 e. The number of nitrogens with one attached hydrogen (secondary N) is 1. The standard InChI is InChI=1S/C11H8BrN5O/c12-6-1-3-7(4-2-6)18-10-8-9(15-5-14-8)16-11(13)17-10/h1-5H,(H3,13,14,15,16,17). The molecule has 0 fully saturated rings. The first-order chi connectivity index (χ1) is 8.72. The van der Waals surface area contributed by atoms with Gasteiger partial charge in [0.15, 0.2) is 5.65 Å². The first-order valence-electron chi connectivity index (χ1n) is 5.12. The Kier molecular flexibility index (Phi) is 2.60. The van der Waals surface area contributed by atoms with Gasteiger partial charge in [-0.3, -0.25) is 0 Å². The smallest absolute Gasteiger partial charge is 0.250 e. The van der Waals surface area contributed by atoms with E-state index >= 15 is 0 Å². The minimum atomic E-state index is 0.127. The molecule has 0 radical (unpaired) electrons. The average molecular weight is 306 g/mol. The molecule has 6 nitrogen and oxygen atoms in total. The van der Waals surface area contributed by atoms with E-state index in [2.05, 4.69) is 35.9 Å². The molecule has 1 aromatic carbocycles. The lowest BCUT2D eigenvalue weighted by Crippen LogP contribution is -1.98. The zero-order chi connectivity index (χ0) is 12.5. The van der Waals surface area contributed by atoms with Gasteiger partial charge in [-0.2, -0.15) is 9.97 Å². The second-order valence-corrected chi connectivity index (χ2v) is 4.46. The van der Waals surface area contributed by atoms with Crippen LogP contribution in [0.25, 0.3) is 11.2 Å². The van der Waals surface area contributed by atoms with E-state index < -0.39 is 0 Å². The fourth-order valence-electron chi connectivity index (χ4n) is 1.51. The summed E-state index contributed by atoms with van der Waals surface area (Å²) < 4.78 is 6.64. The molecule has 0 saturated heterocycles. The minimum absolute atomic E-state index is 0.127. The maximum Gasteiger partial charge on any atom is 0.250 e. The highest BCUT2D eigenvalue weighted by molar-refractivity contribution is 9.10. The lowest BCUT2D eigenvalue weighted by molar-refractivity contribution is 0.468. The number of nitrogen functional groups attached to an aromatic ring is 1. The number of aromatic nitrogens is 4. The van der Waals surface area contributed by atoms with Gasteiger partial charge in [0.05, 0.1) is 6.33 Å². The molecule has 18 heavy (non-hydrogen) atoms. The zero-order valence-electron chi connectivity index (χ0n) is 9.09. The van der Waals surface area contributed by atoms with E-state index in [9.17, 15) is 0 Å². The van der Waals surface area contributed by atoms with Crippen LogP contribution in [0, 0.1) is 0 Å². The Balaban J connectivity index is 2.03. The van der Waals surface area contributed by atoms with Crippen molar-refractivity contribution in [3.63, 3.8) is 0 Å². The summed E-state index contributed by atoms with van der Waals surface area (Å²) in [6.07, 6.45) is 1.52. The SMILES string of the molecule is Nc1nc(Oc2ccc(Br)cc2)c2[nH]cnc2n1. The highest BCUT2D eigenvalue weighted by atomic mass is 79.9. The predicted molar refractivity (Wildman–Crippen MR) is 70.3 cm³/mol. The zero-order valence-corrected chi connectivity index (χ0v) is 10.7. The van der Waals surface area contributed by atoms with Gasteiger partial charge >= 0.3 is 0 Å². The first-order valence-corrected chi connectivity index (χ1v) is 5.92. The largest absolute Gasteiger partial charge is 0.437 e. The van der Waals surface area contributed by atoms with Crippen molar-refractivity contribution < 1.29 is 4.74 Å². The van der Waals surface area contributed by atoms with E-state index in [1.54, 1.807) is 0 Å². The summed E-state index contributed by atoms with van der Waals surface area (Å²) in [5.74, 6) is 1.14. The fourth-order valence-corrected chi connectivity index (χ4v) is 1.78. The molecule has 0 bridgehead atoms. The molecule has 90 valence electrons. The monoisotopic (exact) mass is 305 g/mol. The normalized spacial score (nSPS) is 10.7. The van der Waals surface area contributed by atoms with Crippen LogP contribution in [0.15, 0.2) is 35.1 Å². The van der Waals surface area contributed by atoms with Gasteiger partial charge in [0.25, 0.3) is 5.88 Å². The molecule has 0 unspecified atom stereocenters. The summed E-state index contributed by atoms with van der Waals surface area (Å²) >= 11 is 3.36. The summed E-state index contributed by atoms with van der Waals surface area (Å²) in [5, 5.41) is 0. The van der Waals surface area contributed by atoms with Crippen LogP contribution in [0.3, 0.4) is 0 Å². The van der Waals surface area contributed by atoms with Crippen LogP contribution in [0.5, 0.6) is 11.6 Å². The van der Waals surface area contributed by atoms with Gasteiger partial charge in [0.1, 0.15) is 11.3 Å². The van der Waals surface area contributed by atoms with E-state index in [1.807, 2.05) is 24.3 Å². The number of nitrogens with two attached hydrogens (primary N) is 1. The third-order valence-electron chi connectivity index (χ3n) is 2.30. The van der Waals surface area contributed by atoms with Crippen LogP contribution in [0.4, 0.5) is 5.95 Å². The number of ether oxygens (including phenoxy) is 1. The number of nitrogens with zero attached hydrogens (tertiary/aromatic N) is 3. The maximum atomic E-state index is 5.66. The van der Waals surface area contributed by atoms with Crippen LogP contribution in [0.2, 0.25) is 0 Å². The third kappa shape index (κ3) is 2.00. The van der Waals surface area contributed by atoms with E-state index in [4.69, 9.17) is 10.5 Å². The second-order valence-electron chi connectivity index (χ2n) is 3.54. The molecule has 0 atom stereocenters. The Morgan fingerprint density at radius 3 is 2.72 bits per heavy atom. The molecular formula is C11H8BrN5O. The molecule has 2 aromatic heterocycles. The number of aromatic amines is 1. The summed E-state index contributed by atoms with van der Waals surface area (Å²) in [5.41, 5.74) is 6.70. The van der Waals surface area contributed by atoms with Gasteiger partial charge < -0.3 is 15.5 Å². The lowest BCUT2D eigenvalue weighted by Gasteiger charge is -2.05. The van der Waals surface area contributed by atoms with Gasteiger partial charge in [-0.15, -0.1) is 0 Å². The Bertz CT molecular complexity index is 694. The molecule has 0 aliphatic rings.